The molecule has 2 aromatic rings. The zero-order valence-corrected chi connectivity index (χ0v) is 24.7. The van der Waals surface area contributed by atoms with Gasteiger partial charge in [0.25, 0.3) is 5.91 Å². The number of benzene rings is 2. The maximum Gasteiger partial charge on any atom is 0.408 e. The fourth-order valence-corrected chi connectivity index (χ4v) is 4.22. The third kappa shape index (κ3) is 9.30. The van der Waals surface area contributed by atoms with Gasteiger partial charge >= 0.3 is 6.09 Å². The number of ether oxygens (including phenoxy) is 2. The minimum Gasteiger partial charge on any atom is -0.497 e. The molecule has 0 aliphatic rings. The van der Waals surface area contributed by atoms with Gasteiger partial charge in [0, 0.05) is 12.2 Å². The van der Waals surface area contributed by atoms with Gasteiger partial charge in [-0.2, -0.15) is 0 Å². The predicted molar refractivity (Wildman–Crippen MR) is 155 cm³/mol. The van der Waals surface area contributed by atoms with Crippen molar-refractivity contribution in [3.05, 3.63) is 59.7 Å². The molecule has 0 radical (unpaired) electrons. The largest absolute Gasteiger partial charge is 0.497 e. The third-order valence-corrected chi connectivity index (χ3v) is 6.59. The summed E-state index contributed by atoms with van der Waals surface area (Å²) >= 11 is 0. The van der Waals surface area contributed by atoms with Crippen molar-refractivity contribution >= 4 is 23.6 Å². The second kappa shape index (κ2) is 14.6. The molecule has 0 aliphatic heterocycles. The van der Waals surface area contributed by atoms with Crippen LogP contribution in [0.2, 0.25) is 0 Å². The minimum absolute atomic E-state index is 0.184. The van der Waals surface area contributed by atoms with Crippen LogP contribution in [-0.4, -0.2) is 48.1 Å². The van der Waals surface area contributed by atoms with E-state index in [1.54, 1.807) is 57.0 Å². The van der Waals surface area contributed by atoms with Crippen LogP contribution in [0.25, 0.3) is 0 Å². The van der Waals surface area contributed by atoms with E-state index in [1.807, 2.05) is 52.0 Å². The standard InChI is InChI=1S/C31H45N3O5/c1-9-11-20-34(29(36)26(21(3)10-2)33-30(37)39-31(5,6)7)27(25-15-13-12-14-22(25)4)28(35)32-23-16-18-24(38-8)19-17-23/h12-19,21,26-27H,9-11,20H2,1-8H3,(H,32,35)(H,33,37). The highest BCUT2D eigenvalue weighted by Gasteiger charge is 2.38. The number of nitrogens with one attached hydrogen (secondary N) is 2. The number of alkyl carbamates (subject to hydrolysis) is 1. The molecule has 3 unspecified atom stereocenters. The number of hydrogen-bond donors (Lipinski definition) is 2. The van der Waals surface area contributed by atoms with Gasteiger partial charge in [0.2, 0.25) is 5.91 Å². The van der Waals surface area contributed by atoms with Crippen LogP contribution < -0.4 is 15.4 Å². The predicted octanol–water partition coefficient (Wildman–Crippen LogP) is 6.25. The first-order valence-corrected chi connectivity index (χ1v) is 13.7. The van der Waals surface area contributed by atoms with Gasteiger partial charge in [-0.1, -0.05) is 57.9 Å². The van der Waals surface area contributed by atoms with Crippen LogP contribution in [-0.2, 0) is 14.3 Å². The fraction of sp³-hybridized carbons (Fsp3) is 0.516. The molecule has 0 saturated carbocycles. The Kier molecular flexibility index (Phi) is 11.8. The van der Waals surface area contributed by atoms with Gasteiger partial charge in [-0.15, -0.1) is 0 Å². The first-order valence-electron chi connectivity index (χ1n) is 13.7. The van der Waals surface area contributed by atoms with Gasteiger partial charge in [0.1, 0.15) is 23.4 Å². The van der Waals surface area contributed by atoms with Crippen molar-refractivity contribution in [3.63, 3.8) is 0 Å². The van der Waals surface area contributed by atoms with Gasteiger partial charge in [-0.3, -0.25) is 9.59 Å². The van der Waals surface area contributed by atoms with Crippen molar-refractivity contribution in [1.82, 2.24) is 10.2 Å². The first-order chi connectivity index (χ1) is 18.4. The molecule has 0 fully saturated rings. The van der Waals surface area contributed by atoms with E-state index in [9.17, 15) is 14.4 Å². The summed E-state index contributed by atoms with van der Waals surface area (Å²) in [7, 11) is 1.58. The van der Waals surface area contributed by atoms with E-state index in [2.05, 4.69) is 10.6 Å². The lowest BCUT2D eigenvalue weighted by Gasteiger charge is -2.36. The number of rotatable bonds is 12. The molecule has 3 amide bonds. The molecule has 8 heteroatoms. The van der Waals surface area contributed by atoms with Crippen molar-refractivity contribution in [2.75, 3.05) is 19.0 Å². The number of amides is 3. The summed E-state index contributed by atoms with van der Waals surface area (Å²) in [4.78, 5) is 42.6. The van der Waals surface area contributed by atoms with E-state index in [1.165, 1.54) is 0 Å². The molecule has 0 spiro atoms. The Morgan fingerprint density at radius 2 is 1.64 bits per heavy atom. The fourth-order valence-electron chi connectivity index (χ4n) is 4.22. The molecule has 3 atom stereocenters. The Balaban J connectivity index is 2.54. The third-order valence-electron chi connectivity index (χ3n) is 6.59. The molecule has 0 heterocycles. The minimum atomic E-state index is -0.903. The Hall–Kier alpha value is -3.55. The van der Waals surface area contributed by atoms with Crippen LogP contribution in [0.3, 0.4) is 0 Å². The normalized spacial score (nSPS) is 13.5. The summed E-state index contributed by atoms with van der Waals surface area (Å²) < 4.78 is 10.7. The average molecular weight is 540 g/mol. The van der Waals surface area contributed by atoms with E-state index in [0.717, 1.165) is 17.5 Å². The number of nitrogens with zero attached hydrogens (tertiary/aromatic N) is 1. The summed E-state index contributed by atoms with van der Waals surface area (Å²) in [6.07, 6.45) is 1.52. The van der Waals surface area contributed by atoms with Crippen LogP contribution >= 0.6 is 0 Å². The van der Waals surface area contributed by atoms with Crippen LogP contribution in [0.5, 0.6) is 5.75 Å². The molecule has 0 aromatic heterocycles. The second-order valence-corrected chi connectivity index (χ2v) is 10.9. The molecule has 39 heavy (non-hydrogen) atoms. The molecule has 214 valence electrons. The number of carbonyl (C=O) groups excluding carboxylic acids is 3. The number of methoxy groups -OCH3 is 1. The summed E-state index contributed by atoms with van der Waals surface area (Å²) in [5.41, 5.74) is 1.50. The van der Waals surface area contributed by atoms with Gasteiger partial charge < -0.3 is 25.0 Å². The molecule has 0 aliphatic carbocycles. The second-order valence-electron chi connectivity index (χ2n) is 10.9. The van der Waals surface area contributed by atoms with Gasteiger partial charge in [-0.25, -0.2) is 4.79 Å². The lowest BCUT2D eigenvalue weighted by Crippen LogP contribution is -2.55. The molecule has 2 N–H and O–H groups in total. The SMILES string of the molecule is CCCCN(C(=O)C(NC(=O)OC(C)(C)C)C(C)CC)C(C(=O)Nc1ccc(OC)cc1)c1ccccc1C. The molecule has 0 saturated heterocycles. The van der Waals surface area contributed by atoms with E-state index >= 15 is 0 Å². The van der Waals surface area contributed by atoms with Crippen molar-refractivity contribution in [1.29, 1.82) is 0 Å². The Morgan fingerprint density at radius 3 is 2.18 bits per heavy atom. The molecule has 0 bridgehead atoms. The van der Waals surface area contributed by atoms with Crippen LogP contribution in [0.1, 0.15) is 78.0 Å². The highest BCUT2D eigenvalue weighted by molar-refractivity contribution is 5.99. The molecule has 2 aromatic carbocycles. The van der Waals surface area contributed by atoms with Crippen LogP contribution in [0, 0.1) is 12.8 Å². The van der Waals surface area contributed by atoms with E-state index < -0.39 is 23.8 Å². The van der Waals surface area contributed by atoms with E-state index in [0.29, 0.717) is 30.8 Å². The quantitative estimate of drug-likeness (QED) is 0.332. The molecule has 8 nitrogen and oxygen atoms in total. The maximum absolute atomic E-state index is 14.3. The van der Waals surface area contributed by atoms with Gasteiger partial charge in [0.15, 0.2) is 0 Å². The maximum atomic E-state index is 14.3. The zero-order valence-electron chi connectivity index (χ0n) is 24.7. The van der Waals surface area contributed by atoms with Crippen molar-refractivity contribution in [3.8, 4) is 5.75 Å². The highest BCUT2D eigenvalue weighted by Crippen LogP contribution is 2.29. The number of unbranched alkanes of at least 4 members (excludes halogenated alkanes) is 1. The summed E-state index contributed by atoms with van der Waals surface area (Å²) in [5.74, 6) is -0.162. The Bertz CT molecular complexity index is 1090. The Morgan fingerprint density at radius 1 is 1.00 bits per heavy atom. The zero-order chi connectivity index (χ0) is 29.2. The topological polar surface area (TPSA) is 97.0 Å². The van der Waals surface area contributed by atoms with Crippen LogP contribution in [0.4, 0.5) is 10.5 Å². The Labute approximate surface area is 233 Å². The number of hydrogen-bond acceptors (Lipinski definition) is 5. The lowest BCUT2D eigenvalue weighted by molar-refractivity contribution is -0.142. The van der Waals surface area contributed by atoms with Crippen molar-refractivity contribution in [2.45, 2.75) is 85.4 Å². The van der Waals surface area contributed by atoms with Crippen molar-refractivity contribution in [2.24, 2.45) is 5.92 Å². The highest BCUT2D eigenvalue weighted by atomic mass is 16.6. The van der Waals surface area contributed by atoms with E-state index in [-0.39, 0.29) is 17.7 Å². The summed E-state index contributed by atoms with van der Waals surface area (Å²) in [6.45, 7) is 13.5. The van der Waals surface area contributed by atoms with Gasteiger partial charge in [0.05, 0.1) is 7.11 Å². The van der Waals surface area contributed by atoms with E-state index in [4.69, 9.17) is 9.47 Å². The molecular formula is C31H45N3O5. The summed E-state index contributed by atoms with van der Waals surface area (Å²) in [6, 6.07) is 12.9. The molecular weight excluding hydrogens is 494 g/mol. The van der Waals surface area contributed by atoms with Crippen LogP contribution in [0.15, 0.2) is 48.5 Å². The number of anilines is 1. The summed E-state index contributed by atoms with van der Waals surface area (Å²) in [5, 5.41) is 5.79. The van der Waals surface area contributed by atoms with Crippen molar-refractivity contribution < 1.29 is 23.9 Å². The monoisotopic (exact) mass is 539 g/mol. The lowest BCUT2D eigenvalue weighted by atomic mass is 9.94. The smallest absolute Gasteiger partial charge is 0.408 e. The molecule has 2 rings (SSSR count). The number of aryl methyl sites for hydroxylation is 1. The number of carbonyl (C=O) groups is 3. The first kappa shape index (κ1) is 31.7. The average Bonchev–Trinajstić information content (AvgIpc) is 2.89. The van der Waals surface area contributed by atoms with Gasteiger partial charge in [-0.05, 0) is 75.4 Å².